The van der Waals surface area contributed by atoms with Gasteiger partial charge in [0, 0.05) is 36.3 Å². The van der Waals surface area contributed by atoms with E-state index in [1.165, 1.54) is 25.1 Å². The van der Waals surface area contributed by atoms with E-state index in [-0.39, 0.29) is 23.9 Å². The van der Waals surface area contributed by atoms with E-state index in [0.29, 0.717) is 66.1 Å². The number of fused-ring (bicyclic) bond motifs is 2. The molecule has 6 rings (SSSR count). The number of hydrogen-bond donors (Lipinski definition) is 2. The van der Waals surface area contributed by atoms with Crippen molar-refractivity contribution in [2.24, 2.45) is 5.92 Å². The van der Waals surface area contributed by atoms with Crippen LogP contribution in [0.5, 0.6) is 5.88 Å². The first-order chi connectivity index (χ1) is 19.0. The summed E-state index contributed by atoms with van der Waals surface area (Å²) in [6.45, 7) is 3.19. The number of halogens is 1. The Kier molecular flexibility index (Phi) is 7.13. The van der Waals surface area contributed by atoms with E-state index in [0.717, 1.165) is 30.0 Å². The van der Waals surface area contributed by atoms with Gasteiger partial charge in [0.05, 0.1) is 36.8 Å². The summed E-state index contributed by atoms with van der Waals surface area (Å²) >= 11 is 1.49. The fourth-order valence-electron chi connectivity index (χ4n) is 5.31. The predicted octanol–water partition coefficient (Wildman–Crippen LogP) is 3.65. The monoisotopic (exact) mass is 552 g/mol. The number of benzene rings is 1. The fraction of sp³-hybridized carbons (Fsp3) is 0.407. The van der Waals surface area contributed by atoms with Crippen molar-refractivity contribution in [2.75, 3.05) is 60.7 Å². The molecule has 0 bridgehead atoms. The average molecular weight is 553 g/mol. The third-order valence-electron chi connectivity index (χ3n) is 7.34. The van der Waals surface area contributed by atoms with Gasteiger partial charge >= 0.3 is 6.09 Å². The molecular weight excluding hydrogens is 523 g/mol. The van der Waals surface area contributed by atoms with Crippen LogP contribution in [-0.2, 0) is 9.53 Å². The van der Waals surface area contributed by atoms with Crippen LogP contribution in [0, 0.1) is 11.7 Å². The van der Waals surface area contributed by atoms with E-state index < -0.39 is 0 Å². The summed E-state index contributed by atoms with van der Waals surface area (Å²) < 4.78 is 25.7. The Morgan fingerprint density at radius 3 is 2.87 bits per heavy atom. The highest BCUT2D eigenvalue weighted by atomic mass is 32.2. The van der Waals surface area contributed by atoms with Gasteiger partial charge in [-0.2, -0.15) is 0 Å². The van der Waals surface area contributed by atoms with Gasteiger partial charge in [0.15, 0.2) is 5.82 Å². The zero-order chi connectivity index (χ0) is 26.9. The van der Waals surface area contributed by atoms with Crippen LogP contribution in [0.4, 0.5) is 26.2 Å². The summed E-state index contributed by atoms with van der Waals surface area (Å²) in [4.78, 5) is 37.5. The van der Waals surface area contributed by atoms with Gasteiger partial charge in [0.2, 0.25) is 11.8 Å². The molecule has 5 heterocycles. The third-order valence-corrected chi connectivity index (χ3v) is 8.42. The summed E-state index contributed by atoms with van der Waals surface area (Å²) in [5.41, 5.74) is 3.06. The number of pyridine rings is 2. The molecule has 1 aromatic carbocycles. The highest BCUT2D eigenvalue weighted by molar-refractivity contribution is 8.00. The molecule has 0 unspecified atom stereocenters. The summed E-state index contributed by atoms with van der Waals surface area (Å²) in [7, 11) is 1.54. The number of carbonyl (C=O) groups excluding carboxylic acids is 2. The van der Waals surface area contributed by atoms with Crippen molar-refractivity contribution in [1.29, 1.82) is 0 Å². The molecule has 1 atom stereocenters. The van der Waals surface area contributed by atoms with Gasteiger partial charge in [-0.3, -0.25) is 14.7 Å². The number of ether oxygens (including phenoxy) is 2. The lowest BCUT2D eigenvalue weighted by atomic mass is 9.96. The number of carbonyl (C=O) groups is 2. The Morgan fingerprint density at radius 1 is 1.21 bits per heavy atom. The van der Waals surface area contributed by atoms with Crippen molar-refractivity contribution in [3.8, 4) is 5.88 Å². The molecule has 3 aliphatic heterocycles. The predicted molar refractivity (Wildman–Crippen MR) is 147 cm³/mol. The maximum atomic E-state index is 14.8. The number of cyclic esters (lactones) is 1. The molecule has 0 saturated carbocycles. The van der Waals surface area contributed by atoms with Gasteiger partial charge in [-0.05, 0) is 49.6 Å². The van der Waals surface area contributed by atoms with E-state index in [2.05, 4.69) is 20.6 Å². The fourth-order valence-corrected chi connectivity index (χ4v) is 6.10. The smallest absolute Gasteiger partial charge is 0.414 e. The number of methoxy groups -OCH3 is 1. The molecule has 3 aliphatic rings. The third kappa shape index (κ3) is 5.30. The average Bonchev–Trinajstić information content (AvgIpc) is 3.32. The second-order valence-corrected chi connectivity index (χ2v) is 10.9. The molecule has 2 N–H and O–H groups in total. The van der Waals surface area contributed by atoms with Crippen LogP contribution in [0.3, 0.4) is 0 Å². The standard InChI is InChI=1S/C27H29FN6O4S/c1-37-24-5-3-20-25(32-24)26(19(28)13-30-20)33-8-6-16(7-9-33)11-29-12-18-14-34(27(36)38-18)17-2-4-22-21(10-17)31-23(35)15-39-22/h2-5,10,13,16,18,29H,6-9,11-12,14-15H2,1H3,(H,31,35)/t18-/m1/s1. The number of piperidine rings is 1. The Hall–Kier alpha value is -3.64. The minimum atomic E-state index is -0.387. The number of anilines is 3. The summed E-state index contributed by atoms with van der Waals surface area (Å²) in [5, 5.41) is 6.32. The topological polar surface area (TPSA) is 109 Å². The second kappa shape index (κ2) is 10.9. The lowest BCUT2D eigenvalue weighted by Gasteiger charge is -2.34. The number of nitrogens with zero attached hydrogens (tertiary/aromatic N) is 4. The van der Waals surface area contributed by atoms with Crippen molar-refractivity contribution in [1.82, 2.24) is 15.3 Å². The van der Waals surface area contributed by atoms with Crippen molar-refractivity contribution in [3.05, 3.63) is 42.3 Å². The number of aromatic nitrogens is 2. The van der Waals surface area contributed by atoms with Gasteiger partial charge in [-0.1, -0.05) is 0 Å². The van der Waals surface area contributed by atoms with Crippen molar-refractivity contribution >= 4 is 51.9 Å². The molecule has 2 saturated heterocycles. The lowest BCUT2D eigenvalue weighted by molar-refractivity contribution is -0.113. The SMILES string of the molecule is COc1ccc2ncc(F)c(N3CCC(CNC[C@@H]4CN(c5ccc6c(c5)NC(=O)CS6)C(=O)O4)CC3)c2n1. The van der Waals surface area contributed by atoms with Gasteiger partial charge < -0.3 is 25.0 Å². The first kappa shape index (κ1) is 25.6. The van der Waals surface area contributed by atoms with Crippen LogP contribution < -0.4 is 25.2 Å². The largest absolute Gasteiger partial charge is 0.481 e. The van der Waals surface area contributed by atoms with Crippen LogP contribution >= 0.6 is 11.8 Å². The normalized spacial score (nSPS) is 19.7. The molecule has 2 amide bonds. The molecule has 204 valence electrons. The Morgan fingerprint density at radius 2 is 2.05 bits per heavy atom. The molecule has 10 nitrogen and oxygen atoms in total. The minimum absolute atomic E-state index is 0.0438. The quantitative estimate of drug-likeness (QED) is 0.454. The van der Waals surface area contributed by atoms with Gasteiger partial charge in [-0.25, -0.2) is 14.2 Å². The maximum absolute atomic E-state index is 14.8. The van der Waals surface area contributed by atoms with Crippen molar-refractivity contribution in [2.45, 2.75) is 23.8 Å². The molecule has 12 heteroatoms. The zero-order valence-electron chi connectivity index (χ0n) is 21.5. The van der Waals surface area contributed by atoms with Crippen LogP contribution in [0.25, 0.3) is 11.0 Å². The van der Waals surface area contributed by atoms with Crippen molar-refractivity contribution < 1.29 is 23.5 Å². The van der Waals surface area contributed by atoms with E-state index in [4.69, 9.17) is 9.47 Å². The first-order valence-corrected chi connectivity index (χ1v) is 14.0. The van der Waals surface area contributed by atoms with E-state index >= 15 is 0 Å². The highest BCUT2D eigenvalue weighted by Gasteiger charge is 2.33. The van der Waals surface area contributed by atoms with Gasteiger partial charge in [-0.15, -0.1) is 11.8 Å². The molecule has 2 fully saturated rings. The Bertz CT molecular complexity index is 1420. The van der Waals surface area contributed by atoms with Crippen molar-refractivity contribution in [3.63, 3.8) is 0 Å². The molecule has 0 radical (unpaired) electrons. The number of rotatable bonds is 7. The molecular formula is C27H29FN6O4S. The maximum Gasteiger partial charge on any atom is 0.414 e. The Balaban J connectivity index is 1.01. The summed E-state index contributed by atoms with van der Waals surface area (Å²) in [6, 6.07) is 9.15. The van der Waals surface area contributed by atoms with Crippen LogP contribution in [-0.4, -0.2) is 73.7 Å². The number of thioether (sulfide) groups is 1. The highest BCUT2D eigenvalue weighted by Crippen LogP contribution is 2.36. The number of amides is 2. The molecule has 0 spiro atoms. The second-order valence-electron chi connectivity index (χ2n) is 9.90. The van der Waals surface area contributed by atoms with E-state index in [1.54, 1.807) is 17.0 Å². The molecule has 0 aliphatic carbocycles. The van der Waals surface area contributed by atoms with E-state index in [1.807, 2.05) is 23.1 Å². The first-order valence-electron chi connectivity index (χ1n) is 13.0. The van der Waals surface area contributed by atoms with Gasteiger partial charge in [0.25, 0.3) is 0 Å². The van der Waals surface area contributed by atoms with E-state index in [9.17, 15) is 14.0 Å². The molecule has 3 aromatic rings. The zero-order valence-corrected chi connectivity index (χ0v) is 22.3. The van der Waals surface area contributed by atoms with Crippen LogP contribution in [0.15, 0.2) is 41.4 Å². The number of hydrogen-bond acceptors (Lipinski definition) is 9. The molecule has 2 aromatic heterocycles. The van der Waals surface area contributed by atoms with Gasteiger partial charge in [0.1, 0.15) is 17.3 Å². The molecule has 39 heavy (non-hydrogen) atoms. The Labute approximate surface area is 229 Å². The minimum Gasteiger partial charge on any atom is -0.481 e. The summed E-state index contributed by atoms with van der Waals surface area (Å²) in [5.74, 6) is 0.827. The van der Waals surface area contributed by atoms with Crippen LogP contribution in [0.2, 0.25) is 0 Å². The lowest BCUT2D eigenvalue weighted by Crippen LogP contribution is -2.40. The van der Waals surface area contributed by atoms with Crippen LogP contribution in [0.1, 0.15) is 12.8 Å². The number of nitrogens with one attached hydrogen (secondary N) is 2. The summed E-state index contributed by atoms with van der Waals surface area (Å²) in [6.07, 6.45) is 2.40.